The lowest BCUT2D eigenvalue weighted by Gasteiger charge is -2.08. The first-order chi connectivity index (χ1) is 12.3. The average molecular weight is 384 g/mol. The Hall–Kier alpha value is -3.00. The van der Waals surface area contributed by atoms with Gasteiger partial charge < -0.3 is 14.8 Å². The summed E-state index contributed by atoms with van der Waals surface area (Å²) in [6.45, 7) is -0.674. The van der Waals surface area contributed by atoms with E-state index in [0.717, 1.165) is 0 Å². The van der Waals surface area contributed by atoms with Crippen LogP contribution in [0.2, 0.25) is 5.02 Å². The summed E-state index contributed by atoms with van der Waals surface area (Å²) in [5.74, 6) is -4.76. The first-order valence-corrected chi connectivity index (χ1v) is 7.49. The molecule has 9 heteroatoms. The number of hydrogen-bond acceptors (Lipinski definition) is 5. The SMILES string of the molecule is COC(=O)c1ccc(NC(=O)COC(=O)c2cc(F)c(F)cc2Cl)cc1. The van der Waals surface area contributed by atoms with Crippen LogP contribution >= 0.6 is 11.6 Å². The second kappa shape index (κ2) is 8.39. The molecule has 1 amide bonds. The molecular weight excluding hydrogens is 372 g/mol. The van der Waals surface area contributed by atoms with Crippen LogP contribution in [0, 0.1) is 11.6 Å². The summed E-state index contributed by atoms with van der Waals surface area (Å²) in [7, 11) is 1.24. The zero-order valence-electron chi connectivity index (χ0n) is 13.3. The molecule has 0 fully saturated rings. The Morgan fingerprint density at radius 3 is 2.27 bits per heavy atom. The van der Waals surface area contributed by atoms with Gasteiger partial charge in [0.1, 0.15) is 0 Å². The van der Waals surface area contributed by atoms with Gasteiger partial charge in [0.15, 0.2) is 18.2 Å². The molecule has 1 N–H and O–H groups in total. The van der Waals surface area contributed by atoms with Gasteiger partial charge in [-0.3, -0.25) is 4.79 Å². The van der Waals surface area contributed by atoms with Crippen molar-refractivity contribution in [1.29, 1.82) is 0 Å². The number of esters is 2. The number of hydrogen-bond donors (Lipinski definition) is 1. The van der Waals surface area contributed by atoms with Gasteiger partial charge in [-0.1, -0.05) is 11.6 Å². The third-order valence-electron chi connectivity index (χ3n) is 3.15. The average Bonchev–Trinajstić information content (AvgIpc) is 2.62. The Bertz CT molecular complexity index is 855. The van der Waals surface area contributed by atoms with Crippen LogP contribution in [-0.4, -0.2) is 31.6 Å². The largest absolute Gasteiger partial charge is 0.465 e. The maximum absolute atomic E-state index is 13.2. The Balaban J connectivity index is 1.93. The van der Waals surface area contributed by atoms with E-state index < -0.39 is 41.7 Å². The molecule has 136 valence electrons. The van der Waals surface area contributed by atoms with Gasteiger partial charge in [0.05, 0.1) is 23.3 Å². The molecule has 26 heavy (non-hydrogen) atoms. The third-order valence-corrected chi connectivity index (χ3v) is 3.47. The summed E-state index contributed by atoms with van der Waals surface area (Å²) in [5, 5.41) is 2.09. The van der Waals surface area contributed by atoms with Crippen molar-refractivity contribution in [3.8, 4) is 0 Å². The number of ether oxygens (including phenoxy) is 2. The normalized spacial score (nSPS) is 10.2. The molecule has 0 saturated heterocycles. The van der Waals surface area contributed by atoms with Gasteiger partial charge in [0.2, 0.25) is 0 Å². The molecule has 0 atom stereocenters. The highest BCUT2D eigenvalue weighted by Gasteiger charge is 2.17. The fraction of sp³-hybridized carbons (Fsp3) is 0.118. The van der Waals surface area contributed by atoms with Crippen molar-refractivity contribution in [2.24, 2.45) is 0 Å². The van der Waals surface area contributed by atoms with Gasteiger partial charge >= 0.3 is 11.9 Å². The Kier molecular flexibility index (Phi) is 6.24. The summed E-state index contributed by atoms with van der Waals surface area (Å²) in [6, 6.07) is 7.01. The first-order valence-electron chi connectivity index (χ1n) is 7.11. The molecule has 2 aromatic carbocycles. The van der Waals surface area contributed by atoms with Crippen LogP contribution in [0.25, 0.3) is 0 Å². The lowest BCUT2D eigenvalue weighted by Crippen LogP contribution is -2.21. The number of halogens is 3. The maximum atomic E-state index is 13.2. The number of carbonyl (C=O) groups excluding carboxylic acids is 3. The molecule has 0 unspecified atom stereocenters. The number of amides is 1. The van der Waals surface area contributed by atoms with E-state index in [0.29, 0.717) is 23.4 Å². The first kappa shape index (κ1) is 19.3. The molecule has 0 spiro atoms. The van der Waals surface area contributed by atoms with Gasteiger partial charge in [-0.25, -0.2) is 18.4 Å². The number of nitrogens with one attached hydrogen (secondary N) is 1. The van der Waals surface area contributed by atoms with Gasteiger partial charge in [-0.2, -0.15) is 0 Å². The van der Waals surface area contributed by atoms with E-state index in [1.54, 1.807) is 0 Å². The standard InChI is InChI=1S/C17H12ClF2NO5/c1-25-16(23)9-2-4-10(5-3-9)21-15(22)8-26-17(24)11-6-13(19)14(20)7-12(11)18/h2-7H,8H2,1H3,(H,21,22). The molecule has 0 aliphatic carbocycles. The molecule has 0 saturated carbocycles. The van der Waals surface area contributed by atoms with E-state index in [1.165, 1.54) is 31.4 Å². The molecule has 0 bridgehead atoms. The fourth-order valence-electron chi connectivity index (χ4n) is 1.89. The summed E-state index contributed by atoms with van der Waals surface area (Å²) in [5.41, 5.74) is 0.246. The van der Waals surface area contributed by atoms with E-state index in [4.69, 9.17) is 16.3 Å². The van der Waals surface area contributed by atoms with Crippen molar-refractivity contribution in [1.82, 2.24) is 0 Å². The molecule has 0 aromatic heterocycles. The van der Waals surface area contributed by atoms with E-state index in [-0.39, 0.29) is 5.02 Å². The Morgan fingerprint density at radius 2 is 1.65 bits per heavy atom. The van der Waals surface area contributed by atoms with Gasteiger partial charge in [-0.15, -0.1) is 0 Å². The topological polar surface area (TPSA) is 81.7 Å². The quantitative estimate of drug-likeness (QED) is 0.633. The van der Waals surface area contributed by atoms with E-state index in [1.807, 2.05) is 0 Å². The zero-order chi connectivity index (χ0) is 19.3. The monoisotopic (exact) mass is 383 g/mol. The number of carbonyl (C=O) groups is 3. The number of anilines is 1. The van der Waals surface area contributed by atoms with Crippen LogP contribution < -0.4 is 5.32 Å². The van der Waals surface area contributed by atoms with Gasteiger partial charge in [-0.05, 0) is 36.4 Å². The summed E-state index contributed by atoms with van der Waals surface area (Å²) in [6.07, 6.45) is 0. The highest BCUT2D eigenvalue weighted by Crippen LogP contribution is 2.21. The number of methoxy groups -OCH3 is 1. The maximum Gasteiger partial charge on any atom is 0.340 e. The van der Waals surface area contributed by atoms with E-state index >= 15 is 0 Å². The predicted octanol–water partition coefficient (Wildman–Crippen LogP) is 3.20. The summed E-state index contributed by atoms with van der Waals surface area (Å²) >= 11 is 5.65. The molecule has 2 aromatic rings. The van der Waals surface area contributed by atoms with E-state index in [9.17, 15) is 23.2 Å². The molecular formula is C17H12ClF2NO5. The van der Waals surface area contributed by atoms with Gasteiger partial charge in [0.25, 0.3) is 5.91 Å². The molecule has 2 rings (SSSR count). The van der Waals surface area contributed by atoms with Crippen molar-refractivity contribution >= 4 is 35.1 Å². The van der Waals surface area contributed by atoms with Crippen LogP contribution in [-0.2, 0) is 14.3 Å². The number of rotatable bonds is 5. The van der Waals surface area contributed by atoms with Crippen molar-refractivity contribution < 1.29 is 32.6 Å². The van der Waals surface area contributed by atoms with Crippen LogP contribution in [0.5, 0.6) is 0 Å². The van der Waals surface area contributed by atoms with Crippen molar-refractivity contribution in [3.63, 3.8) is 0 Å². The zero-order valence-corrected chi connectivity index (χ0v) is 14.1. The smallest absolute Gasteiger partial charge is 0.340 e. The van der Waals surface area contributed by atoms with Crippen LogP contribution in [0.15, 0.2) is 36.4 Å². The van der Waals surface area contributed by atoms with Crippen LogP contribution in [0.3, 0.4) is 0 Å². The fourth-order valence-corrected chi connectivity index (χ4v) is 2.12. The molecule has 0 aliphatic rings. The Labute approximate surface area is 151 Å². The molecule has 0 heterocycles. The molecule has 6 nitrogen and oxygen atoms in total. The van der Waals surface area contributed by atoms with E-state index in [2.05, 4.69) is 10.1 Å². The molecule has 0 radical (unpaired) electrons. The Morgan fingerprint density at radius 1 is 1.04 bits per heavy atom. The molecule has 0 aliphatic heterocycles. The van der Waals surface area contributed by atoms with Crippen molar-refractivity contribution in [2.45, 2.75) is 0 Å². The lowest BCUT2D eigenvalue weighted by molar-refractivity contribution is -0.119. The highest BCUT2D eigenvalue weighted by molar-refractivity contribution is 6.33. The van der Waals surface area contributed by atoms with Crippen molar-refractivity contribution in [2.75, 3.05) is 19.0 Å². The number of benzene rings is 2. The predicted molar refractivity (Wildman–Crippen MR) is 88.1 cm³/mol. The minimum atomic E-state index is -1.27. The second-order valence-electron chi connectivity index (χ2n) is 4.94. The minimum absolute atomic E-state index is 0.296. The second-order valence-corrected chi connectivity index (χ2v) is 5.35. The van der Waals surface area contributed by atoms with Crippen molar-refractivity contribution in [3.05, 3.63) is 64.2 Å². The third kappa shape index (κ3) is 4.76. The van der Waals surface area contributed by atoms with Crippen LogP contribution in [0.1, 0.15) is 20.7 Å². The summed E-state index contributed by atoms with van der Waals surface area (Å²) in [4.78, 5) is 34.9. The van der Waals surface area contributed by atoms with Gasteiger partial charge in [0, 0.05) is 5.69 Å². The summed E-state index contributed by atoms with van der Waals surface area (Å²) < 4.78 is 35.4. The highest BCUT2D eigenvalue weighted by atomic mass is 35.5. The minimum Gasteiger partial charge on any atom is -0.465 e. The lowest BCUT2D eigenvalue weighted by atomic mass is 10.2. The van der Waals surface area contributed by atoms with Crippen LogP contribution in [0.4, 0.5) is 14.5 Å².